The van der Waals surface area contributed by atoms with Crippen molar-refractivity contribution in [3.8, 4) is 0 Å². The summed E-state index contributed by atoms with van der Waals surface area (Å²) in [7, 11) is 0. The van der Waals surface area contributed by atoms with Crippen LogP contribution in [-0.4, -0.2) is 29.4 Å². The van der Waals surface area contributed by atoms with Gasteiger partial charge in [-0.25, -0.2) is 4.98 Å². The van der Waals surface area contributed by atoms with Gasteiger partial charge in [0, 0.05) is 18.0 Å². The van der Waals surface area contributed by atoms with Crippen molar-refractivity contribution in [2.24, 2.45) is 11.7 Å². The number of amides is 2. The maximum atomic E-state index is 12.4. The molecule has 2 heterocycles. The fourth-order valence-corrected chi connectivity index (χ4v) is 4.26. The molecule has 3 rings (SSSR count). The number of nitrogens with zero attached hydrogens (tertiary/aromatic N) is 1. The van der Waals surface area contributed by atoms with E-state index in [1.165, 1.54) is 36.9 Å². The van der Waals surface area contributed by atoms with Crippen LogP contribution >= 0.6 is 11.3 Å². The average molecular weight is 391 g/mol. The largest absolute Gasteiger partial charge is 0.469 e. The molecule has 1 fully saturated rings. The van der Waals surface area contributed by atoms with Crippen LogP contribution < -0.4 is 16.4 Å². The van der Waals surface area contributed by atoms with Gasteiger partial charge in [-0.2, -0.15) is 0 Å². The highest BCUT2D eigenvalue weighted by molar-refractivity contribution is 7.14. The van der Waals surface area contributed by atoms with Crippen molar-refractivity contribution < 1.29 is 14.0 Å². The van der Waals surface area contributed by atoms with Gasteiger partial charge in [0.25, 0.3) is 5.91 Å². The second-order valence-electron chi connectivity index (χ2n) is 6.97. The highest BCUT2D eigenvalue weighted by atomic mass is 32.1. The van der Waals surface area contributed by atoms with E-state index in [0.29, 0.717) is 34.6 Å². The van der Waals surface area contributed by atoms with Crippen molar-refractivity contribution in [3.05, 3.63) is 34.7 Å². The number of nitrogens with two attached hydrogens (primary N) is 1. The topological polar surface area (TPSA) is 110 Å². The second-order valence-corrected chi connectivity index (χ2v) is 7.83. The number of anilines is 1. The molecule has 0 aliphatic heterocycles. The third-order valence-corrected chi connectivity index (χ3v) is 5.84. The lowest BCUT2D eigenvalue weighted by atomic mass is 9.84. The van der Waals surface area contributed by atoms with Gasteiger partial charge in [-0.3, -0.25) is 14.9 Å². The quantitative estimate of drug-likeness (QED) is 0.673. The Labute approximate surface area is 162 Å². The van der Waals surface area contributed by atoms with Gasteiger partial charge in [0.05, 0.1) is 23.9 Å². The van der Waals surface area contributed by atoms with Crippen molar-refractivity contribution in [2.45, 2.75) is 51.5 Å². The monoisotopic (exact) mass is 390 g/mol. The number of carbonyl (C=O) groups is 2. The molecule has 1 saturated carbocycles. The van der Waals surface area contributed by atoms with Crippen molar-refractivity contribution in [2.75, 3.05) is 11.9 Å². The lowest BCUT2D eigenvalue weighted by Crippen LogP contribution is -2.46. The van der Waals surface area contributed by atoms with Gasteiger partial charge in [0.15, 0.2) is 5.13 Å². The summed E-state index contributed by atoms with van der Waals surface area (Å²) in [4.78, 5) is 28.9. The summed E-state index contributed by atoms with van der Waals surface area (Å²) in [6.45, 7) is 2.19. The summed E-state index contributed by atoms with van der Waals surface area (Å²) in [5.41, 5.74) is 6.99. The normalized spacial score (nSPS) is 16.1. The molecule has 27 heavy (non-hydrogen) atoms. The molecule has 4 N–H and O–H groups in total. The number of rotatable bonds is 7. The molecule has 0 saturated heterocycles. The first-order valence-electron chi connectivity index (χ1n) is 9.36. The molecule has 146 valence electrons. The number of aromatic nitrogens is 1. The summed E-state index contributed by atoms with van der Waals surface area (Å²) in [5, 5.41) is 8.06. The molecule has 0 radical (unpaired) electrons. The van der Waals surface area contributed by atoms with E-state index in [0.717, 1.165) is 12.8 Å². The minimum Gasteiger partial charge on any atom is -0.469 e. The zero-order valence-corrected chi connectivity index (χ0v) is 16.3. The van der Waals surface area contributed by atoms with Crippen LogP contribution in [0, 0.1) is 12.8 Å². The van der Waals surface area contributed by atoms with Crippen LogP contribution in [0.25, 0.3) is 0 Å². The van der Waals surface area contributed by atoms with Gasteiger partial charge >= 0.3 is 0 Å². The predicted octanol–water partition coefficient (Wildman–Crippen LogP) is 2.86. The first-order chi connectivity index (χ1) is 13.1. The maximum absolute atomic E-state index is 12.4. The second kappa shape index (κ2) is 9.14. The van der Waals surface area contributed by atoms with Gasteiger partial charge in [0.2, 0.25) is 5.91 Å². The van der Waals surface area contributed by atoms with Crippen LogP contribution in [0.4, 0.5) is 5.13 Å². The summed E-state index contributed by atoms with van der Waals surface area (Å²) in [5.74, 6) is 0.673. The SMILES string of the molecule is Cc1occc1C(=O)Nc1nc(CC(=O)NC(CN)C2CCCCC2)cs1. The molecule has 2 aromatic rings. The molecule has 2 amide bonds. The maximum Gasteiger partial charge on any atom is 0.260 e. The van der Waals surface area contributed by atoms with Crippen LogP contribution in [0.5, 0.6) is 0 Å². The van der Waals surface area contributed by atoms with Crippen LogP contribution in [0.15, 0.2) is 22.1 Å². The minimum atomic E-state index is -0.271. The van der Waals surface area contributed by atoms with Crippen molar-refractivity contribution >= 4 is 28.3 Å². The van der Waals surface area contributed by atoms with E-state index in [4.69, 9.17) is 10.2 Å². The third-order valence-electron chi connectivity index (χ3n) is 5.04. The van der Waals surface area contributed by atoms with Gasteiger partial charge in [-0.15, -0.1) is 11.3 Å². The predicted molar refractivity (Wildman–Crippen MR) is 105 cm³/mol. The lowest BCUT2D eigenvalue weighted by Gasteiger charge is -2.30. The number of thiazole rings is 1. The number of furan rings is 1. The van der Waals surface area contributed by atoms with Gasteiger partial charge in [-0.05, 0) is 31.7 Å². The number of aryl methyl sites for hydroxylation is 1. The van der Waals surface area contributed by atoms with E-state index in [1.807, 2.05) is 0 Å². The Morgan fingerprint density at radius 1 is 1.37 bits per heavy atom. The molecule has 1 aliphatic carbocycles. The molecular weight excluding hydrogens is 364 g/mol. The van der Waals surface area contributed by atoms with Crippen molar-refractivity contribution in [1.29, 1.82) is 0 Å². The first-order valence-corrected chi connectivity index (χ1v) is 10.2. The molecule has 2 aromatic heterocycles. The lowest BCUT2D eigenvalue weighted by molar-refractivity contribution is -0.121. The molecule has 0 bridgehead atoms. The smallest absolute Gasteiger partial charge is 0.260 e. The van der Waals surface area contributed by atoms with Crippen LogP contribution in [0.1, 0.15) is 53.9 Å². The summed E-state index contributed by atoms with van der Waals surface area (Å²) in [6, 6.07) is 1.64. The van der Waals surface area contributed by atoms with Crippen LogP contribution in [0.2, 0.25) is 0 Å². The zero-order chi connectivity index (χ0) is 19.2. The van der Waals surface area contributed by atoms with Gasteiger partial charge in [-0.1, -0.05) is 19.3 Å². The summed E-state index contributed by atoms with van der Waals surface area (Å²) in [6.07, 6.45) is 7.60. The molecular formula is C19H26N4O3S. The van der Waals surface area contributed by atoms with E-state index in [2.05, 4.69) is 15.6 Å². The third kappa shape index (κ3) is 5.17. The highest BCUT2D eigenvalue weighted by Gasteiger charge is 2.24. The molecule has 7 nitrogen and oxygen atoms in total. The fraction of sp³-hybridized carbons (Fsp3) is 0.526. The van der Waals surface area contributed by atoms with E-state index >= 15 is 0 Å². The Bertz CT molecular complexity index is 780. The number of nitrogens with one attached hydrogen (secondary N) is 2. The van der Waals surface area contributed by atoms with Crippen LogP contribution in [0.3, 0.4) is 0 Å². The Hall–Kier alpha value is -2.19. The average Bonchev–Trinajstić information content (AvgIpc) is 3.29. The molecule has 0 aromatic carbocycles. The molecule has 1 aliphatic rings. The Morgan fingerprint density at radius 3 is 2.81 bits per heavy atom. The number of carbonyl (C=O) groups excluding carboxylic acids is 2. The number of hydrogen-bond donors (Lipinski definition) is 3. The Kier molecular flexibility index (Phi) is 6.63. The molecule has 8 heteroatoms. The zero-order valence-electron chi connectivity index (χ0n) is 15.5. The van der Waals surface area contributed by atoms with E-state index < -0.39 is 0 Å². The number of hydrogen-bond acceptors (Lipinski definition) is 6. The van der Waals surface area contributed by atoms with Gasteiger partial charge in [0.1, 0.15) is 5.76 Å². The van der Waals surface area contributed by atoms with Crippen molar-refractivity contribution in [1.82, 2.24) is 10.3 Å². The Morgan fingerprint density at radius 2 is 2.15 bits per heavy atom. The van der Waals surface area contributed by atoms with E-state index in [-0.39, 0.29) is 24.3 Å². The van der Waals surface area contributed by atoms with E-state index in [1.54, 1.807) is 18.4 Å². The standard InChI is InChI=1S/C19H26N4O3S/c1-12-15(7-8-26-12)18(25)23-19-21-14(11-27-19)9-17(24)22-16(10-20)13-5-3-2-4-6-13/h7-8,11,13,16H,2-6,9-10,20H2,1H3,(H,22,24)(H,21,23,25). The molecule has 1 unspecified atom stereocenters. The Balaban J connectivity index is 1.52. The van der Waals surface area contributed by atoms with Crippen molar-refractivity contribution in [3.63, 3.8) is 0 Å². The summed E-state index contributed by atoms with van der Waals surface area (Å²) >= 11 is 1.30. The molecule has 0 spiro atoms. The molecule has 1 atom stereocenters. The van der Waals surface area contributed by atoms with Gasteiger partial charge < -0.3 is 15.5 Å². The first kappa shape index (κ1) is 19.6. The van der Waals surface area contributed by atoms with E-state index in [9.17, 15) is 9.59 Å². The summed E-state index contributed by atoms with van der Waals surface area (Å²) < 4.78 is 5.14. The van der Waals surface area contributed by atoms with Crippen LogP contribution in [-0.2, 0) is 11.2 Å². The minimum absolute atomic E-state index is 0.0275. The highest BCUT2D eigenvalue weighted by Crippen LogP contribution is 2.26. The fourth-order valence-electron chi connectivity index (χ4n) is 3.56.